The van der Waals surface area contributed by atoms with E-state index in [0.717, 1.165) is 6.42 Å². The van der Waals surface area contributed by atoms with Crippen molar-refractivity contribution in [3.05, 3.63) is 65.2 Å². The van der Waals surface area contributed by atoms with Crippen LogP contribution in [0.5, 0.6) is 0 Å². The molecule has 0 saturated carbocycles. The summed E-state index contributed by atoms with van der Waals surface area (Å²) < 4.78 is 20.6. The van der Waals surface area contributed by atoms with Gasteiger partial charge in [0.2, 0.25) is 0 Å². The van der Waals surface area contributed by atoms with Crippen LogP contribution < -0.4 is 11.1 Å². The van der Waals surface area contributed by atoms with Crippen LogP contribution in [-0.4, -0.2) is 17.1 Å². The van der Waals surface area contributed by atoms with Gasteiger partial charge in [-0.05, 0) is 56.5 Å². The first-order valence-electron chi connectivity index (χ1n) is 10.5. The van der Waals surface area contributed by atoms with Gasteiger partial charge in [0.1, 0.15) is 11.9 Å². The Morgan fingerprint density at radius 2 is 2.03 bits per heavy atom. The molecule has 2 atom stereocenters. The molecule has 0 aliphatic heterocycles. The van der Waals surface area contributed by atoms with Crippen LogP contribution in [0, 0.1) is 11.7 Å². The Balaban J connectivity index is 2.34. The van der Waals surface area contributed by atoms with Gasteiger partial charge in [0.05, 0.1) is 22.0 Å². The molecule has 0 saturated heterocycles. The van der Waals surface area contributed by atoms with E-state index in [-0.39, 0.29) is 23.9 Å². The molecule has 0 amide bonds. The molecule has 1 unspecified atom stereocenters. The smallest absolute Gasteiger partial charge is 0.283 e. The number of hydrogen-bond acceptors (Lipinski definition) is 4. The maximum Gasteiger partial charge on any atom is 0.283 e. The van der Waals surface area contributed by atoms with Crippen molar-refractivity contribution in [2.45, 2.75) is 59.1 Å². The number of ether oxygens (including phenoxy) is 1. The molecule has 168 valence electrons. The van der Waals surface area contributed by atoms with E-state index in [0.29, 0.717) is 34.1 Å². The van der Waals surface area contributed by atoms with Gasteiger partial charge < -0.3 is 15.8 Å². The number of halogens is 2. The Morgan fingerprint density at radius 3 is 2.61 bits per heavy atom. The number of nitrogens with two attached hydrogens (primary N) is 1. The van der Waals surface area contributed by atoms with E-state index in [9.17, 15) is 4.39 Å². The fourth-order valence-corrected chi connectivity index (χ4v) is 3.25. The number of amidine groups is 1. The van der Waals surface area contributed by atoms with Crippen molar-refractivity contribution >= 4 is 29.0 Å². The Morgan fingerprint density at radius 1 is 1.32 bits per heavy atom. The third kappa shape index (κ3) is 6.69. The molecule has 31 heavy (non-hydrogen) atoms. The zero-order valence-electron chi connectivity index (χ0n) is 18.9. The molecule has 0 fully saturated rings. The first-order chi connectivity index (χ1) is 14.6. The van der Waals surface area contributed by atoms with E-state index in [2.05, 4.69) is 21.9 Å². The van der Waals surface area contributed by atoms with E-state index in [1.807, 2.05) is 34.6 Å². The van der Waals surface area contributed by atoms with E-state index < -0.39 is 5.54 Å². The highest BCUT2D eigenvalue weighted by Gasteiger charge is 2.30. The van der Waals surface area contributed by atoms with Gasteiger partial charge in [-0.3, -0.25) is 4.98 Å². The number of hydrogen-bond donors (Lipinski definition) is 2. The highest BCUT2D eigenvalue weighted by Crippen LogP contribution is 2.35. The summed E-state index contributed by atoms with van der Waals surface area (Å²) in [6, 6.07) is 8.36. The lowest BCUT2D eigenvalue weighted by atomic mass is 9.87. The average molecular weight is 447 g/mol. The van der Waals surface area contributed by atoms with Crippen molar-refractivity contribution in [1.29, 1.82) is 0 Å². The molecule has 1 aromatic heterocycles. The van der Waals surface area contributed by atoms with Gasteiger partial charge in [-0.1, -0.05) is 45.4 Å². The third-order valence-electron chi connectivity index (χ3n) is 5.22. The number of anilines is 1. The van der Waals surface area contributed by atoms with Crippen LogP contribution in [0.25, 0.3) is 5.70 Å². The van der Waals surface area contributed by atoms with Gasteiger partial charge in [0, 0.05) is 17.4 Å². The molecule has 1 aromatic carbocycles. The summed E-state index contributed by atoms with van der Waals surface area (Å²) in [4.78, 5) is 8.85. The van der Waals surface area contributed by atoms with Crippen molar-refractivity contribution in [1.82, 2.24) is 4.98 Å². The van der Waals surface area contributed by atoms with Gasteiger partial charge in [-0.25, -0.2) is 9.38 Å². The van der Waals surface area contributed by atoms with E-state index in [1.165, 1.54) is 6.07 Å². The predicted molar refractivity (Wildman–Crippen MR) is 128 cm³/mol. The fourth-order valence-electron chi connectivity index (χ4n) is 3.14. The molecular formula is C24H32ClFN4O. The number of pyridine rings is 1. The molecule has 0 bridgehead atoms. The SMILES string of the molecule is C=C(Nc1ccc(F)c(C(C)(CCC)N=C(N)O[C@H](C)C(C)C)c1)c1ccc(Cl)cn1. The second-order valence-electron chi connectivity index (χ2n) is 8.20. The van der Waals surface area contributed by atoms with Crippen molar-refractivity contribution in [3.63, 3.8) is 0 Å². The lowest BCUT2D eigenvalue weighted by Gasteiger charge is -2.28. The molecule has 0 aliphatic rings. The van der Waals surface area contributed by atoms with Crippen molar-refractivity contribution < 1.29 is 9.13 Å². The van der Waals surface area contributed by atoms with E-state index >= 15 is 0 Å². The van der Waals surface area contributed by atoms with Crippen molar-refractivity contribution in [3.8, 4) is 0 Å². The number of aliphatic imine (C=N–C) groups is 1. The fraction of sp³-hybridized carbons (Fsp3) is 0.417. The Bertz CT molecular complexity index is 930. The first-order valence-corrected chi connectivity index (χ1v) is 10.8. The second-order valence-corrected chi connectivity index (χ2v) is 8.64. The molecule has 0 spiro atoms. The van der Waals surface area contributed by atoms with Gasteiger partial charge in [0.15, 0.2) is 0 Å². The zero-order chi connectivity index (χ0) is 23.2. The molecule has 2 aromatic rings. The summed E-state index contributed by atoms with van der Waals surface area (Å²) in [7, 11) is 0. The van der Waals surface area contributed by atoms with Crippen LogP contribution in [0.2, 0.25) is 5.02 Å². The van der Waals surface area contributed by atoms with Crippen LogP contribution in [0.15, 0.2) is 48.1 Å². The highest BCUT2D eigenvalue weighted by molar-refractivity contribution is 6.30. The van der Waals surface area contributed by atoms with Crippen molar-refractivity contribution in [2.75, 3.05) is 5.32 Å². The molecule has 0 radical (unpaired) electrons. The van der Waals surface area contributed by atoms with Gasteiger partial charge >= 0.3 is 0 Å². The van der Waals surface area contributed by atoms with Crippen LogP contribution in [0.1, 0.15) is 58.7 Å². The summed E-state index contributed by atoms with van der Waals surface area (Å²) in [5.41, 5.74) is 7.52. The number of benzene rings is 1. The molecule has 3 N–H and O–H groups in total. The Labute approximate surface area is 189 Å². The maximum atomic E-state index is 14.9. The van der Waals surface area contributed by atoms with Crippen LogP contribution in [-0.2, 0) is 10.3 Å². The van der Waals surface area contributed by atoms with Gasteiger partial charge in [0.25, 0.3) is 6.02 Å². The number of rotatable bonds is 9. The minimum Gasteiger partial charge on any atom is -0.462 e. The molecular weight excluding hydrogens is 415 g/mol. The van der Waals surface area contributed by atoms with E-state index in [1.54, 1.807) is 30.5 Å². The molecule has 1 heterocycles. The Kier molecular flexibility index (Phi) is 8.45. The largest absolute Gasteiger partial charge is 0.462 e. The minimum absolute atomic E-state index is 0.0599. The molecule has 2 rings (SSSR count). The summed E-state index contributed by atoms with van der Waals surface area (Å²) in [5.74, 6) is -0.0758. The molecule has 7 heteroatoms. The normalized spacial score (nSPS) is 14.8. The first kappa shape index (κ1) is 24.7. The Hall–Kier alpha value is -2.60. The van der Waals surface area contributed by atoms with Crippen LogP contribution in [0.4, 0.5) is 10.1 Å². The molecule has 0 aliphatic carbocycles. The molecule has 5 nitrogen and oxygen atoms in total. The predicted octanol–water partition coefficient (Wildman–Crippen LogP) is 6.35. The van der Waals surface area contributed by atoms with E-state index in [4.69, 9.17) is 22.1 Å². The highest BCUT2D eigenvalue weighted by atomic mass is 35.5. The lowest BCUT2D eigenvalue weighted by molar-refractivity contribution is 0.151. The number of nitrogens with zero attached hydrogens (tertiary/aromatic N) is 2. The minimum atomic E-state index is -0.878. The van der Waals surface area contributed by atoms with Gasteiger partial charge in [-0.15, -0.1) is 0 Å². The summed E-state index contributed by atoms with van der Waals surface area (Å²) >= 11 is 5.90. The van der Waals surface area contributed by atoms with Gasteiger partial charge in [-0.2, -0.15) is 0 Å². The maximum absolute atomic E-state index is 14.9. The van der Waals surface area contributed by atoms with Crippen LogP contribution >= 0.6 is 11.6 Å². The lowest BCUT2D eigenvalue weighted by Crippen LogP contribution is -2.31. The monoisotopic (exact) mass is 446 g/mol. The van der Waals surface area contributed by atoms with Crippen LogP contribution in [0.3, 0.4) is 0 Å². The summed E-state index contributed by atoms with van der Waals surface area (Å²) in [5, 5.41) is 3.72. The average Bonchev–Trinajstić information content (AvgIpc) is 2.69. The topological polar surface area (TPSA) is 72.5 Å². The zero-order valence-corrected chi connectivity index (χ0v) is 19.6. The number of aromatic nitrogens is 1. The quantitative estimate of drug-likeness (QED) is 0.347. The number of nitrogens with one attached hydrogen (secondary N) is 1. The van der Waals surface area contributed by atoms with Crippen molar-refractivity contribution in [2.24, 2.45) is 16.6 Å². The standard InChI is InChI=1S/C24H32ClFN4O/c1-7-12-24(6,30-23(27)31-17(5)15(2)3)20-13-19(9-10-21(20)26)29-16(4)22-11-8-18(25)14-28-22/h8-11,13-15,17,29H,4,7,12H2,1-3,5-6H3,(H2,27,30)/t17-,24?/m1/s1. The third-order valence-corrected chi connectivity index (χ3v) is 5.44. The second kappa shape index (κ2) is 10.6. The summed E-state index contributed by atoms with van der Waals surface area (Å²) in [6.45, 7) is 13.9. The summed E-state index contributed by atoms with van der Waals surface area (Å²) in [6.07, 6.45) is 2.86.